The van der Waals surface area contributed by atoms with Gasteiger partial charge in [0, 0.05) is 12.2 Å². The number of benzene rings is 2. The van der Waals surface area contributed by atoms with Gasteiger partial charge >= 0.3 is 0 Å². The molecule has 3 aromatic rings. The van der Waals surface area contributed by atoms with Gasteiger partial charge < -0.3 is 10.3 Å². The molecule has 2 aromatic carbocycles. The van der Waals surface area contributed by atoms with Crippen molar-refractivity contribution in [3.8, 4) is 22.4 Å². The topological polar surface area (TPSA) is 62.0 Å². The minimum Gasteiger partial charge on any atom is -0.352 e. The Balaban J connectivity index is 1.84. The Morgan fingerprint density at radius 1 is 0.880 bits per heavy atom. The number of amides is 1. The summed E-state index contributed by atoms with van der Waals surface area (Å²) in [4.78, 5) is 26.9. The van der Waals surface area contributed by atoms with Crippen LogP contribution in [-0.2, 0) is 0 Å². The van der Waals surface area contributed by atoms with Crippen molar-refractivity contribution in [2.45, 2.75) is 13.3 Å². The van der Waals surface area contributed by atoms with Crippen molar-refractivity contribution in [3.05, 3.63) is 82.6 Å². The molecule has 0 saturated heterocycles. The second kappa shape index (κ2) is 7.62. The van der Waals surface area contributed by atoms with E-state index in [-0.39, 0.29) is 17.0 Å². The van der Waals surface area contributed by atoms with Gasteiger partial charge in [-0.05, 0) is 35.2 Å². The van der Waals surface area contributed by atoms with E-state index in [2.05, 4.69) is 22.4 Å². The van der Waals surface area contributed by atoms with Crippen molar-refractivity contribution in [1.82, 2.24) is 10.3 Å². The summed E-state index contributed by atoms with van der Waals surface area (Å²) in [7, 11) is 0. The molecule has 1 heterocycles. The van der Waals surface area contributed by atoms with Gasteiger partial charge in [-0.25, -0.2) is 0 Å². The normalized spacial score (nSPS) is 10.4. The average molecular weight is 332 g/mol. The third-order valence-electron chi connectivity index (χ3n) is 3.99. The fourth-order valence-electron chi connectivity index (χ4n) is 2.63. The van der Waals surface area contributed by atoms with Gasteiger partial charge in [-0.2, -0.15) is 0 Å². The van der Waals surface area contributed by atoms with Gasteiger partial charge in [0.2, 0.25) is 0 Å². The molecule has 1 aromatic heterocycles. The predicted octanol–water partition coefficient (Wildman–Crippen LogP) is 3.85. The average Bonchev–Trinajstić information content (AvgIpc) is 2.67. The Morgan fingerprint density at radius 3 is 2.16 bits per heavy atom. The number of H-pyrrole nitrogens is 1. The van der Waals surface area contributed by atoms with E-state index < -0.39 is 0 Å². The standard InChI is InChI=1S/C21H20N2O2/c1-2-14-22-20(24)18-12-13-19(23-21(18)25)17-10-8-16(9-11-17)15-6-4-3-5-7-15/h3-13H,2,14H2,1H3,(H,22,24)(H,23,25). The second-order valence-corrected chi connectivity index (χ2v) is 5.81. The minimum absolute atomic E-state index is 0.137. The molecule has 0 fully saturated rings. The molecular formula is C21H20N2O2. The molecule has 4 nitrogen and oxygen atoms in total. The van der Waals surface area contributed by atoms with Gasteiger partial charge in [0.15, 0.2) is 0 Å². The molecular weight excluding hydrogens is 312 g/mol. The van der Waals surface area contributed by atoms with Crippen molar-refractivity contribution < 1.29 is 4.79 Å². The first-order chi connectivity index (χ1) is 12.2. The summed E-state index contributed by atoms with van der Waals surface area (Å²) in [5.74, 6) is -0.339. The summed E-state index contributed by atoms with van der Waals surface area (Å²) in [6, 6.07) is 21.4. The van der Waals surface area contributed by atoms with Crippen LogP contribution in [0.4, 0.5) is 0 Å². The third kappa shape index (κ3) is 3.86. The lowest BCUT2D eigenvalue weighted by molar-refractivity contribution is 0.0952. The number of carbonyl (C=O) groups excluding carboxylic acids is 1. The maximum absolute atomic E-state index is 12.2. The monoisotopic (exact) mass is 332 g/mol. The third-order valence-corrected chi connectivity index (χ3v) is 3.99. The lowest BCUT2D eigenvalue weighted by atomic mass is 10.0. The number of nitrogens with one attached hydrogen (secondary N) is 2. The van der Waals surface area contributed by atoms with Gasteiger partial charge in [0.05, 0.1) is 0 Å². The van der Waals surface area contributed by atoms with Gasteiger partial charge in [-0.15, -0.1) is 0 Å². The second-order valence-electron chi connectivity index (χ2n) is 5.81. The van der Waals surface area contributed by atoms with Crippen molar-refractivity contribution in [1.29, 1.82) is 0 Å². The van der Waals surface area contributed by atoms with Crippen LogP contribution in [0, 0.1) is 0 Å². The molecule has 0 aliphatic heterocycles. The maximum atomic E-state index is 12.2. The van der Waals surface area contributed by atoms with E-state index in [1.807, 2.05) is 49.4 Å². The van der Waals surface area contributed by atoms with Crippen LogP contribution in [0.15, 0.2) is 71.5 Å². The first-order valence-electron chi connectivity index (χ1n) is 8.36. The summed E-state index contributed by atoms with van der Waals surface area (Å²) in [5, 5.41) is 2.72. The molecule has 0 aliphatic carbocycles. The van der Waals surface area contributed by atoms with E-state index in [0.717, 1.165) is 23.1 Å². The number of hydrogen-bond donors (Lipinski definition) is 2. The summed E-state index contributed by atoms with van der Waals surface area (Å²) in [6.45, 7) is 2.52. The largest absolute Gasteiger partial charge is 0.352 e. The number of hydrogen-bond acceptors (Lipinski definition) is 2. The quantitative estimate of drug-likeness (QED) is 0.745. The molecule has 0 spiro atoms. The summed E-state index contributed by atoms with van der Waals surface area (Å²) >= 11 is 0. The van der Waals surface area contributed by atoms with Crippen LogP contribution < -0.4 is 10.9 Å². The molecule has 0 bridgehead atoms. The SMILES string of the molecule is CCCNC(=O)c1ccc(-c2ccc(-c3ccccc3)cc2)[nH]c1=O. The van der Waals surface area contributed by atoms with Crippen LogP contribution in [0.1, 0.15) is 23.7 Å². The molecule has 0 saturated carbocycles. The Morgan fingerprint density at radius 2 is 1.52 bits per heavy atom. The highest BCUT2D eigenvalue weighted by Gasteiger charge is 2.10. The zero-order valence-electron chi connectivity index (χ0n) is 14.1. The lowest BCUT2D eigenvalue weighted by Crippen LogP contribution is -2.30. The molecule has 0 atom stereocenters. The van der Waals surface area contributed by atoms with E-state index in [1.165, 1.54) is 0 Å². The Kier molecular flexibility index (Phi) is 5.09. The summed E-state index contributed by atoms with van der Waals surface area (Å²) < 4.78 is 0. The van der Waals surface area contributed by atoms with Crippen LogP contribution in [0.2, 0.25) is 0 Å². The number of rotatable bonds is 5. The molecule has 0 radical (unpaired) electrons. The highest BCUT2D eigenvalue weighted by Crippen LogP contribution is 2.23. The van der Waals surface area contributed by atoms with Gasteiger partial charge in [-0.3, -0.25) is 9.59 Å². The van der Waals surface area contributed by atoms with Crippen molar-refractivity contribution in [2.24, 2.45) is 0 Å². The van der Waals surface area contributed by atoms with Crippen LogP contribution in [0.25, 0.3) is 22.4 Å². The van der Waals surface area contributed by atoms with Crippen molar-refractivity contribution >= 4 is 5.91 Å². The van der Waals surface area contributed by atoms with E-state index in [1.54, 1.807) is 12.1 Å². The van der Waals surface area contributed by atoms with Crippen LogP contribution >= 0.6 is 0 Å². The zero-order valence-corrected chi connectivity index (χ0v) is 14.1. The fraction of sp³-hybridized carbons (Fsp3) is 0.143. The molecule has 1 amide bonds. The molecule has 0 unspecified atom stereocenters. The van der Waals surface area contributed by atoms with Crippen LogP contribution in [0.3, 0.4) is 0 Å². The maximum Gasteiger partial charge on any atom is 0.261 e. The Bertz CT molecular complexity index is 913. The Hall–Kier alpha value is -3.14. The van der Waals surface area contributed by atoms with Crippen LogP contribution in [-0.4, -0.2) is 17.4 Å². The number of aromatic amines is 1. The van der Waals surface area contributed by atoms with Crippen LogP contribution in [0.5, 0.6) is 0 Å². The Labute approximate surface area is 146 Å². The molecule has 0 aliphatic rings. The van der Waals surface area contributed by atoms with E-state index >= 15 is 0 Å². The predicted molar refractivity (Wildman–Crippen MR) is 101 cm³/mol. The van der Waals surface area contributed by atoms with Gasteiger partial charge in [0.1, 0.15) is 5.56 Å². The molecule has 25 heavy (non-hydrogen) atoms. The summed E-state index contributed by atoms with van der Waals surface area (Å²) in [5.41, 5.74) is 3.61. The van der Waals surface area contributed by atoms with E-state index in [9.17, 15) is 9.59 Å². The summed E-state index contributed by atoms with van der Waals surface area (Å²) in [6.07, 6.45) is 0.829. The van der Waals surface area contributed by atoms with E-state index in [0.29, 0.717) is 12.2 Å². The first-order valence-corrected chi connectivity index (χ1v) is 8.36. The van der Waals surface area contributed by atoms with Gasteiger partial charge in [-0.1, -0.05) is 61.5 Å². The molecule has 126 valence electrons. The van der Waals surface area contributed by atoms with Gasteiger partial charge in [0.25, 0.3) is 11.5 Å². The highest BCUT2D eigenvalue weighted by atomic mass is 16.2. The first kappa shape index (κ1) is 16.7. The lowest BCUT2D eigenvalue weighted by Gasteiger charge is -2.07. The fourth-order valence-corrected chi connectivity index (χ4v) is 2.63. The smallest absolute Gasteiger partial charge is 0.261 e. The molecule has 2 N–H and O–H groups in total. The molecule has 4 heteroatoms. The highest BCUT2D eigenvalue weighted by molar-refractivity contribution is 5.94. The number of aromatic nitrogens is 1. The number of pyridine rings is 1. The zero-order chi connectivity index (χ0) is 17.6. The van der Waals surface area contributed by atoms with Crippen molar-refractivity contribution in [3.63, 3.8) is 0 Å². The van der Waals surface area contributed by atoms with E-state index in [4.69, 9.17) is 0 Å². The minimum atomic E-state index is -0.377. The van der Waals surface area contributed by atoms with Crippen molar-refractivity contribution in [2.75, 3.05) is 6.54 Å². The number of carbonyl (C=O) groups is 1. The molecule has 3 rings (SSSR count).